The zero-order chi connectivity index (χ0) is 13.1. The number of imidazole rings is 1. The van der Waals surface area contributed by atoms with Crippen molar-refractivity contribution in [2.45, 2.75) is 25.8 Å². The Morgan fingerprint density at radius 1 is 1.42 bits per heavy atom. The number of thiazole rings is 1. The minimum atomic E-state index is 0.911. The maximum atomic E-state index is 4.67. The Bertz CT molecular complexity index is 482. The predicted octanol–water partition coefficient (Wildman–Crippen LogP) is 2.22. The van der Waals surface area contributed by atoms with Gasteiger partial charge in [0.15, 0.2) is 4.96 Å². The molecule has 3 heterocycles. The second-order valence-electron chi connectivity index (χ2n) is 5.44. The van der Waals surface area contributed by atoms with Crippen LogP contribution in [0, 0.1) is 5.92 Å². The zero-order valence-corrected chi connectivity index (χ0v) is 12.3. The van der Waals surface area contributed by atoms with Gasteiger partial charge in [-0.2, -0.15) is 0 Å². The summed E-state index contributed by atoms with van der Waals surface area (Å²) in [5.41, 5.74) is 1.21. The molecule has 0 radical (unpaired) electrons. The van der Waals surface area contributed by atoms with Crippen molar-refractivity contribution in [3.8, 4) is 0 Å². The molecular weight excluding hydrogens is 256 g/mol. The highest BCUT2D eigenvalue weighted by atomic mass is 32.1. The zero-order valence-electron chi connectivity index (χ0n) is 11.5. The third-order valence-corrected chi connectivity index (χ3v) is 4.81. The first-order chi connectivity index (χ1) is 9.35. The van der Waals surface area contributed by atoms with Crippen molar-refractivity contribution >= 4 is 16.3 Å². The SMILES string of the molecule is CNCCC1CCN(Cc2cn3ccsc3n2)CC1. The van der Waals surface area contributed by atoms with E-state index in [-0.39, 0.29) is 0 Å². The van der Waals surface area contributed by atoms with Gasteiger partial charge < -0.3 is 5.32 Å². The summed E-state index contributed by atoms with van der Waals surface area (Å²) in [6.45, 7) is 4.61. The molecule has 19 heavy (non-hydrogen) atoms. The maximum Gasteiger partial charge on any atom is 0.193 e. The van der Waals surface area contributed by atoms with E-state index in [0.717, 1.165) is 24.0 Å². The molecule has 1 aliphatic heterocycles. The van der Waals surface area contributed by atoms with Gasteiger partial charge in [-0.3, -0.25) is 9.30 Å². The van der Waals surface area contributed by atoms with Gasteiger partial charge in [-0.1, -0.05) is 0 Å². The summed E-state index contributed by atoms with van der Waals surface area (Å²) >= 11 is 1.71. The van der Waals surface area contributed by atoms with Crippen molar-refractivity contribution in [2.24, 2.45) is 5.92 Å². The van der Waals surface area contributed by atoms with Crippen molar-refractivity contribution in [2.75, 3.05) is 26.7 Å². The highest BCUT2D eigenvalue weighted by Crippen LogP contribution is 2.21. The smallest absolute Gasteiger partial charge is 0.193 e. The summed E-state index contributed by atoms with van der Waals surface area (Å²) < 4.78 is 2.12. The fraction of sp³-hybridized carbons (Fsp3) is 0.643. The van der Waals surface area contributed by atoms with E-state index < -0.39 is 0 Å². The van der Waals surface area contributed by atoms with E-state index in [2.05, 4.69) is 37.4 Å². The molecule has 0 aromatic carbocycles. The van der Waals surface area contributed by atoms with Crippen LogP contribution in [0.25, 0.3) is 4.96 Å². The van der Waals surface area contributed by atoms with Gasteiger partial charge in [0.1, 0.15) is 0 Å². The molecule has 0 spiro atoms. The Morgan fingerprint density at radius 2 is 2.26 bits per heavy atom. The molecule has 104 valence electrons. The number of likely N-dealkylation sites (tertiary alicyclic amines) is 1. The summed E-state index contributed by atoms with van der Waals surface area (Å²) in [6.07, 6.45) is 8.25. The lowest BCUT2D eigenvalue weighted by atomic mass is 9.93. The number of nitrogens with zero attached hydrogens (tertiary/aromatic N) is 3. The van der Waals surface area contributed by atoms with Gasteiger partial charge in [-0.15, -0.1) is 11.3 Å². The lowest BCUT2D eigenvalue weighted by Gasteiger charge is -2.31. The van der Waals surface area contributed by atoms with E-state index in [1.165, 1.54) is 38.0 Å². The maximum absolute atomic E-state index is 4.67. The van der Waals surface area contributed by atoms with Gasteiger partial charge in [-0.25, -0.2) is 4.98 Å². The van der Waals surface area contributed by atoms with Crippen LogP contribution in [-0.4, -0.2) is 41.0 Å². The standard InChI is InChI=1S/C14H22N4S/c1-15-5-2-12-3-6-17(7-4-12)10-13-11-18-8-9-19-14(18)16-13/h8-9,11-12,15H,2-7,10H2,1H3. The van der Waals surface area contributed by atoms with E-state index >= 15 is 0 Å². The summed E-state index contributed by atoms with van der Waals surface area (Å²) in [4.78, 5) is 8.32. The number of piperidine rings is 1. The molecule has 2 aromatic heterocycles. The topological polar surface area (TPSA) is 32.6 Å². The van der Waals surface area contributed by atoms with Crippen molar-refractivity contribution in [3.05, 3.63) is 23.5 Å². The van der Waals surface area contributed by atoms with Crippen LogP contribution in [0.2, 0.25) is 0 Å². The molecule has 1 aliphatic rings. The van der Waals surface area contributed by atoms with E-state index in [1.807, 2.05) is 7.05 Å². The first kappa shape index (κ1) is 13.1. The van der Waals surface area contributed by atoms with Crippen LogP contribution in [0.15, 0.2) is 17.8 Å². The summed E-state index contributed by atoms with van der Waals surface area (Å²) in [6, 6.07) is 0. The molecule has 1 saturated heterocycles. The minimum Gasteiger partial charge on any atom is -0.320 e. The number of hydrogen-bond acceptors (Lipinski definition) is 4. The Labute approximate surface area is 118 Å². The largest absolute Gasteiger partial charge is 0.320 e. The molecule has 0 saturated carbocycles. The van der Waals surface area contributed by atoms with Gasteiger partial charge in [0.05, 0.1) is 5.69 Å². The average Bonchev–Trinajstić information content (AvgIpc) is 2.99. The first-order valence-electron chi connectivity index (χ1n) is 7.13. The van der Waals surface area contributed by atoms with Crippen molar-refractivity contribution in [1.82, 2.24) is 19.6 Å². The van der Waals surface area contributed by atoms with Crippen LogP contribution in [0.3, 0.4) is 0 Å². The van der Waals surface area contributed by atoms with Crippen LogP contribution < -0.4 is 5.32 Å². The van der Waals surface area contributed by atoms with Crippen molar-refractivity contribution in [1.29, 1.82) is 0 Å². The fourth-order valence-electron chi connectivity index (χ4n) is 2.86. The van der Waals surface area contributed by atoms with E-state index in [4.69, 9.17) is 0 Å². The number of hydrogen-bond donors (Lipinski definition) is 1. The van der Waals surface area contributed by atoms with Crippen LogP contribution >= 0.6 is 11.3 Å². The minimum absolute atomic E-state index is 0.911. The molecule has 0 unspecified atom stereocenters. The monoisotopic (exact) mass is 278 g/mol. The van der Waals surface area contributed by atoms with Crippen LogP contribution in [0.4, 0.5) is 0 Å². The van der Waals surface area contributed by atoms with Gasteiger partial charge in [-0.05, 0) is 51.9 Å². The molecule has 0 amide bonds. The van der Waals surface area contributed by atoms with Crippen molar-refractivity contribution in [3.63, 3.8) is 0 Å². The molecular formula is C14H22N4S. The predicted molar refractivity (Wildman–Crippen MR) is 79.6 cm³/mol. The van der Waals surface area contributed by atoms with E-state index in [9.17, 15) is 0 Å². The second-order valence-corrected chi connectivity index (χ2v) is 6.31. The molecule has 4 nitrogen and oxygen atoms in total. The summed E-state index contributed by atoms with van der Waals surface area (Å²) in [5.74, 6) is 0.911. The fourth-order valence-corrected chi connectivity index (χ4v) is 3.58. The van der Waals surface area contributed by atoms with Gasteiger partial charge in [0, 0.05) is 24.3 Å². The third-order valence-electron chi connectivity index (χ3n) is 4.04. The van der Waals surface area contributed by atoms with E-state index in [1.54, 1.807) is 11.3 Å². The lowest BCUT2D eigenvalue weighted by molar-refractivity contribution is 0.171. The van der Waals surface area contributed by atoms with Crippen LogP contribution in [0.1, 0.15) is 25.0 Å². The summed E-state index contributed by atoms with van der Waals surface area (Å²) in [5, 5.41) is 5.34. The molecule has 1 N–H and O–H groups in total. The molecule has 5 heteroatoms. The highest BCUT2D eigenvalue weighted by Gasteiger charge is 2.19. The van der Waals surface area contributed by atoms with E-state index in [0.29, 0.717) is 0 Å². The lowest BCUT2D eigenvalue weighted by Crippen LogP contribution is -2.34. The Balaban J connectivity index is 1.50. The molecule has 2 aromatic rings. The van der Waals surface area contributed by atoms with Crippen LogP contribution in [-0.2, 0) is 6.54 Å². The molecule has 0 atom stereocenters. The first-order valence-corrected chi connectivity index (χ1v) is 8.01. The Morgan fingerprint density at radius 3 is 3.00 bits per heavy atom. The molecule has 3 rings (SSSR count). The number of nitrogens with one attached hydrogen (secondary N) is 1. The van der Waals surface area contributed by atoms with Gasteiger partial charge in [0.2, 0.25) is 0 Å². The van der Waals surface area contributed by atoms with Crippen LogP contribution in [0.5, 0.6) is 0 Å². The van der Waals surface area contributed by atoms with Gasteiger partial charge in [0.25, 0.3) is 0 Å². The number of rotatable bonds is 5. The van der Waals surface area contributed by atoms with Gasteiger partial charge >= 0.3 is 0 Å². The molecule has 0 bridgehead atoms. The highest BCUT2D eigenvalue weighted by molar-refractivity contribution is 7.15. The molecule has 1 fully saturated rings. The number of aromatic nitrogens is 2. The second kappa shape index (κ2) is 6.03. The van der Waals surface area contributed by atoms with Crippen molar-refractivity contribution < 1.29 is 0 Å². The normalized spacial score (nSPS) is 18.4. The third kappa shape index (κ3) is 3.16. The Kier molecular flexibility index (Phi) is 4.15. The quantitative estimate of drug-likeness (QED) is 0.910. The summed E-state index contributed by atoms with van der Waals surface area (Å²) in [7, 11) is 2.04. The average molecular weight is 278 g/mol. The molecule has 0 aliphatic carbocycles. The Hall–Kier alpha value is -0.910. The number of fused-ring (bicyclic) bond motifs is 1.